The number of hydrogen-bond donors (Lipinski definition) is 2. The minimum Gasteiger partial charge on any atom is -0.398 e. The van der Waals surface area contributed by atoms with Crippen molar-refractivity contribution in [1.29, 1.82) is 0 Å². The smallest absolute Gasteiger partial charge is 0.257 e. The number of halogens is 1. The van der Waals surface area contributed by atoms with Gasteiger partial charge in [0.25, 0.3) is 5.91 Å². The molecule has 0 atom stereocenters. The maximum Gasteiger partial charge on any atom is 0.257 e. The third kappa shape index (κ3) is 2.64. The summed E-state index contributed by atoms with van der Waals surface area (Å²) in [4.78, 5) is 20.6. The molecule has 3 aromatic rings. The van der Waals surface area contributed by atoms with Gasteiger partial charge in [0.15, 0.2) is 0 Å². The van der Waals surface area contributed by atoms with Crippen molar-refractivity contribution in [2.24, 2.45) is 0 Å². The molecule has 0 saturated heterocycles. The van der Waals surface area contributed by atoms with Crippen LogP contribution in [0, 0.1) is 0 Å². The lowest BCUT2D eigenvalue weighted by Gasteiger charge is -2.08. The van der Waals surface area contributed by atoms with E-state index < -0.39 is 0 Å². The first-order valence-corrected chi connectivity index (χ1v) is 6.59. The van der Waals surface area contributed by atoms with Crippen LogP contribution in [0.25, 0.3) is 11.0 Å². The SMILES string of the molecule is Nc1cccc(C(=O)Nc2ccc3nccnc3c2)c1Cl. The van der Waals surface area contributed by atoms with Crippen LogP contribution in [0.3, 0.4) is 0 Å². The second-order valence-corrected chi connectivity index (χ2v) is 4.80. The van der Waals surface area contributed by atoms with Gasteiger partial charge in [-0.25, -0.2) is 0 Å². The highest BCUT2D eigenvalue weighted by Gasteiger charge is 2.12. The van der Waals surface area contributed by atoms with Crippen LogP contribution in [0.2, 0.25) is 5.02 Å². The zero-order chi connectivity index (χ0) is 14.8. The summed E-state index contributed by atoms with van der Waals surface area (Å²) in [6.07, 6.45) is 3.22. The van der Waals surface area contributed by atoms with Crippen molar-refractivity contribution in [3.05, 3.63) is 59.4 Å². The van der Waals surface area contributed by atoms with Gasteiger partial charge in [0.05, 0.1) is 27.3 Å². The van der Waals surface area contributed by atoms with Crippen LogP contribution >= 0.6 is 11.6 Å². The predicted molar refractivity (Wildman–Crippen MR) is 83.4 cm³/mol. The maximum atomic E-state index is 12.2. The zero-order valence-electron chi connectivity index (χ0n) is 10.9. The normalized spacial score (nSPS) is 10.5. The van der Waals surface area contributed by atoms with E-state index in [1.807, 2.05) is 0 Å². The van der Waals surface area contributed by atoms with Crippen LogP contribution in [-0.4, -0.2) is 15.9 Å². The summed E-state index contributed by atoms with van der Waals surface area (Å²) in [6.45, 7) is 0. The number of carbonyl (C=O) groups excluding carboxylic acids is 1. The number of anilines is 2. The summed E-state index contributed by atoms with van der Waals surface area (Å²) in [5.74, 6) is -0.324. The molecule has 0 bridgehead atoms. The highest BCUT2D eigenvalue weighted by atomic mass is 35.5. The fourth-order valence-electron chi connectivity index (χ4n) is 1.96. The van der Waals surface area contributed by atoms with Gasteiger partial charge in [0.1, 0.15) is 0 Å². The Morgan fingerprint density at radius 2 is 1.86 bits per heavy atom. The molecule has 1 amide bonds. The molecule has 3 rings (SSSR count). The molecule has 1 aromatic heterocycles. The Balaban J connectivity index is 1.91. The molecular formula is C15H11ClN4O. The number of rotatable bonds is 2. The van der Waals surface area contributed by atoms with Crippen molar-refractivity contribution >= 4 is 39.9 Å². The quantitative estimate of drug-likeness (QED) is 0.712. The number of nitrogens with zero attached hydrogens (tertiary/aromatic N) is 2. The molecule has 104 valence electrons. The zero-order valence-corrected chi connectivity index (χ0v) is 11.6. The second kappa shape index (κ2) is 5.38. The predicted octanol–water partition coefficient (Wildman–Crippen LogP) is 3.12. The molecule has 1 heterocycles. The Kier molecular flexibility index (Phi) is 3.41. The van der Waals surface area contributed by atoms with Gasteiger partial charge in [0.2, 0.25) is 0 Å². The highest BCUT2D eigenvalue weighted by molar-refractivity contribution is 6.36. The fraction of sp³-hybridized carbons (Fsp3) is 0. The number of nitrogen functional groups attached to an aromatic ring is 1. The molecule has 0 aliphatic rings. The van der Waals surface area contributed by atoms with Gasteiger partial charge in [-0.15, -0.1) is 0 Å². The number of amides is 1. The Morgan fingerprint density at radius 1 is 1.10 bits per heavy atom. The number of nitrogens with two attached hydrogens (primary N) is 1. The first kappa shape index (κ1) is 13.3. The van der Waals surface area contributed by atoms with Gasteiger partial charge in [-0.2, -0.15) is 0 Å². The summed E-state index contributed by atoms with van der Waals surface area (Å²) < 4.78 is 0. The van der Waals surface area contributed by atoms with Crippen molar-refractivity contribution in [2.75, 3.05) is 11.1 Å². The van der Waals surface area contributed by atoms with Crippen molar-refractivity contribution in [2.45, 2.75) is 0 Å². The van der Waals surface area contributed by atoms with Crippen LogP contribution in [0.4, 0.5) is 11.4 Å². The summed E-state index contributed by atoms with van der Waals surface area (Å²) in [5, 5.41) is 3.02. The fourth-order valence-corrected chi connectivity index (χ4v) is 2.18. The Hall–Kier alpha value is -2.66. The largest absolute Gasteiger partial charge is 0.398 e. The number of hydrogen-bond acceptors (Lipinski definition) is 4. The van der Waals surface area contributed by atoms with Crippen LogP contribution in [-0.2, 0) is 0 Å². The van der Waals surface area contributed by atoms with Crippen LogP contribution < -0.4 is 11.1 Å². The van der Waals surface area contributed by atoms with E-state index in [-0.39, 0.29) is 10.9 Å². The molecule has 5 nitrogen and oxygen atoms in total. The van der Waals surface area contributed by atoms with Crippen molar-refractivity contribution in [3.8, 4) is 0 Å². The van der Waals surface area contributed by atoms with E-state index in [9.17, 15) is 4.79 Å². The number of nitrogens with one attached hydrogen (secondary N) is 1. The second-order valence-electron chi connectivity index (χ2n) is 4.42. The lowest BCUT2D eigenvalue weighted by molar-refractivity contribution is 0.102. The molecule has 0 aliphatic carbocycles. The summed E-state index contributed by atoms with van der Waals surface area (Å²) in [5.41, 5.74) is 8.48. The molecule has 0 spiro atoms. The Morgan fingerprint density at radius 3 is 2.67 bits per heavy atom. The van der Waals surface area contributed by atoms with Gasteiger partial charge in [-0.05, 0) is 30.3 Å². The number of aromatic nitrogens is 2. The lowest BCUT2D eigenvalue weighted by atomic mass is 10.1. The van der Waals surface area contributed by atoms with E-state index in [0.29, 0.717) is 22.5 Å². The maximum absolute atomic E-state index is 12.2. The molecule has 0 fully saturated rings. The topological polar surface area (TPSA) is 80.9 Å². The standard InChI is InChI=1S/C15H11ClN4O/c16-14-10(2-1-3-11(14)17)15(21)20-9-4-5-12-13(8-9)19-7-6-18-12/h1-8H,17H2,(H,20,21). The molecule has 3 N–H and O–H groups in total. The van der Waals surface area contributed by atoms with Crippen LogP contribution in [0.1, 0.15) is 10.4 Å². The highest BCUT2D eigenvalue weighted by Crippen LogP contribution is 2.24. The van der Waals surface area contributed by atoms with Crippen molar-refractivity contribution in [1.82, 2.24) is 9.97 Å². The molecule has 0 saturated carbocycles. The first-order chi connectivity index (χ1) is 10.1. The van der Waals surface area contributed by atoms with Gasteiger partial charge < -0.3 is 11.1 Å². The van der Waals surface area contributed by atoms with Crippen LogP contribution in [0.15, 0.2) is 48.8 Å². The van der Waals surface area contributed by atoms with E-state index in [1.54, 1.807) is 48.8 Å². The van der Waals surface area contributed by atoms with Crippen molar-refractivity contribution in [3.63, 3.8) is 0 Å². The number of fused-ring (bicyclic) bond motifs is 1. The molecule has 0 radical (unpaired) electrons. The van der Waals surface area contributed by atoms with E-state index >= 15 is 0 Å². The van der Waals surface area contributed by atoms with E-state index in [0.717, 1.165) is 5.52 Å². The first-order valence-electron chi connectivity index (χ1n) is 6.21. The molecule has 0 unspecified atom stereocenters. The lowest BCUT2D eigenvalue weighted by Crippen LogP contribution is -2.13. The molecule has 6 heteroatoms. The Labute approximate surface area is 125 Å². The van der Waals surface area contributed by atoms with E-state index in [2.05, 4.69) is 15.3 Å². The minimum atomic E-state index is -0.324. The van der Waals surface area contributed by atoms with Gasteiger partial charge in [0, 0.05) is 18.1 Å². The summed E-state index contributed by atoms with van der Waals surface area (Å²) >= 11 is 6.04. The van der Waals surface area contributed by atoms with Gasteiger partial charge >= 0.3 is 0 Å². The average molecular weight is 299 g/mol. The van der Waals surface area contributed by atoms with E-state index in [4.69, 9.17) is 17.3 Å². The molecular weight excluding hydrogens is 288 g/mol. The van der Waals surface area contributed by atoms with E-state index in [1.165, 1.54) is 0 Å². The monoisotopic (exact) mass is 298 g/mol. The number of carbonyl (C=O) groups is 1. The third-order valence-electron chi connectivity index (χ3n) is 3.00. The molecule has 0 aliphatic heterocycles. The molecule has 2 aromatic carbocycles. The summed E-state index contributed by atoms with van der Waals surface area (Å²) in [6, 6.07) is 10.2. The number of benzene rings is 2. The summed E-state index contributed by atoms with van der Waals surface area (Å²) in [7, 11) is 0. The molecule has 21 heavy (non-hydrogen) atoms. The van der Waals surface area contributed by atoms with Crippen LogP contribution in [0.5, 0.6) is 0 Å². The minimum absolute atomic E-state index is 0.246. The van der Waals surface area contributed by atoms with Gasteiger partial charge in [-0.3, -0.25) is 14.8 Å². The average Bonchev–Trinajstić information content (AvgIpc) is 2.50. The van der Waals surface area contributed by atoms with Crippen molar-refractivity contribution < 1.29 is 4.79 Å². The van der Waals surface area contributed by atoms with Gasteiger partial charge in [-0.1, -0.05) is 17.7 Å². The third-order valence-corrected chi connectivity index (χ3v) is 3.42. The Bertz CT molecular complexity index is 835.